The number of piperidine rings is 1. The van der Waals surface area contributed by atoms with Gasteiger partial charge in [-0.05, 0) is 61.6 Å². The van der Waals surface area contributed by atoms with E-state index in [1.54, 1.807) is 4.90 Å². The highest BCUT2D eigenvalue weighted by molar-refractivity contribution is 6.05. The van der Waals surface area contributed by atoms with Gasteiger partial charge in [-0.25, -0.2) is 4.98 Å². The first-order chi connectivity index (χ1) is 19.0. The van der Waals surface area contributed by atoms with Gasteiger partial charge in [-0.15, -0.1) is 0 Å². The van der Waals surface area contributed by atoms with Crippen molar-refractivity contribution in [3.63, 3.8) is 0 Å². The lowest BCUT2D eigenvalue weighted by Crippen LogP contribution is -2.57. The zero-order valence-electron chi connectivity index (χ0n) is 21.7. The van der Waals surface area contributed by atoms with Crippen LogP contribution in [0.25, 0.3) is 11.0 Å². The first-order valence-corrected chi connectivity index (χ1v) is 13.9. The Morgan fingerprint density at radius 2 is 1.77 bits per heavy atom. The van der Waals surface area contributed by atoms with E-state index in [9.17, 15) is 14.4 Å². The quantitative estimate of drug-likeness (QED) is 0.510. The van der Waals surface area contributed by atoms with Crippen molar-refractivity contribution in [3.8, 4) is 5.75 Å². The van der Waals surface area contributed by atoms with E-state index < -0.39 is 11.9 Å². The van der Waals surface area contributed by atoms with E-state index in [4.69, 9.17) is 9.72 Å². The summed E-state index contributed by atoms with van der Waals surface area (Å²) in [6.45, 7) is 2.26. The predicted molar refractivity (Wildman–Crippen MR) is 143 cm³/mol. The van der Waals surface area contributed by atoms with Crippen LogP contribution in [0.15, 0.2) is 48.7 Å². The molecule has 2 saturated heterocycles. The van der Waals surface area contributed by atoms with Crippen molar-refractivity contribution in [1.29, 1.82) is 0 Å². The lowest BCUT2D eigenvalue weighted by atomic mass is 9.86. The van der Waals surface area contributed by atoms with Crippen LogP contribution in [-0.4, -0.2) is 68.8 Å². The van der Waals surface area contributed by atoms with Gasteiger partial charge in [0.05, 0.1) is 16.7 Å². The SMILES string of the molecule is O=C1CCC(N2Cc3cc(O[C@@H]4CCCC[C@H]4N4CC(c5cnc6ccccc6n5)C4)ccc3C2=O)C(=O)N1. The lowest BCUT2D eigenvalue weighted by Gasteiger charge is -2.48. The van der Waals surface area contributed by atoms with E-state index in [2.05, 4.69) is 15.2 Å². The molecule has 2 aromatic carbocycles. The highest BCUT2D eigenvalue weighted by Gasteiger charge is 2.41. The highest BCUT2D eigenvalue weighted by Crippen LogP contribution is 2.36. The highest BCUT2D eigenvalue weighted by atomic mass is 16.5. The molecule has 3 aliphatic heterocycles. The number of carbonyl (C=O) groups excluding carboxylic acids is 3. The predicted octanol–water partition coefficient (Wildman–Crippen LogP) is 3.18. The Morgan fingerprint density at radius 1 is 0.949 bits per heavy atom. The standard InChI is InChI=1S/C30H31N5O4/c36-28-12-11-26(29(37)33-28)35-17-18-13-20(9-10-21(18)30(35)38)39-27-8-4-3-7-25(27)34-15-19(16-34)24-14-31-22-5-1-2-6-23(22)32-24/h1-2,5-6,9-10,13-14,19,25-27H,3-4,7-8,11-12,15-17H2,(H,33,36,37)/t25-,26?,27-/m1/s1. The second kappa shape index (κ2) is 9.72. The Bertz CT molecular complexity index is 1470. The molecule has 1 aliphatic carbocycles. The number of para-hydroxylation sites is 2. The van der Waals surface area contributed by atoms with Crippen molar-refractivity contribution in [1.82, 2.24) is 25.1 Å². The van der Waals surface area contributed by atoms with E-state index in [-0.39, 0.29) is 24.3 Å². The number of carbonyl (C=O) groups is 3. The molecule has 3 fully saturated rings. The van der Waals surface area contributed by atoms with Crippen LogP contribution in [0.2, 0.25) is 0 Å². The number of benzene rings is 2. The number of imide groups is 1. The minimum atomic E-state index is -0.610. The molecule has 4 heterocycles. The molecule has 3 atom stereocenters. The van der Waals surface area contributed by atoms with Gasteiger partial charge in [0.1, 0.15) is 17.9 Å². The molecule has 1 unspecified atom stereocenters. The maximum atomic E-state index is 13.0. The van der Waals surface area contributed by atoms with Gasteiger partial charge in [-0.2, -0.15) is 0 Å². The number of nitrogens with zero attached hydrogens (tertiary/aromatic N) is 4. The normalized spacial score (nSPS) is 25.9. The van der Waals surface area contributed by atoms with E-state index in [1.807, 2.05) is 48.7 Å². The number of likely N-dealkylation sites (tertiary alicyclic amines) is 1. The fourth-order valence-corrected chi connectivity index (χ4v) is 6.57. The van der Waals surface area contributed by atoms with Gasteiger partial charge in [0.15, 0.2) is 0 Å². The summed E-state index contributed by atoms with van der Waals surface area (Å²) in [5.74, 6) is 0.313. The number of amides is 3. The van der Waals surface area contributed by atoms with Gasteiger partial charge in [-0.1, -0.05) is 18.6 Å². The molecule has 1 N–H and O–H groups in total. The molecule has 7 rings (SSSR count). The molecule has 4 aliphatic rings. The van der Waals surface area contributed by atoms with E-state index in [1.165, 1.54) is 6.42 Å². The van der Waals surface area contributed by atoms with Gasteiger partial charge < -0.3 is 9.64 Å². The number of fused-ring (bicyclic) bond motifs is 2. The summed E-state index contributed by atoms with van der Waals surface area (Å²) >= 11 is 0. The van der Waals surface area contributed by atoms with Gasteiger partial charge in [0.2, 0.25) is 11.8 Å². The summed E-state index contributed by atoms with van der Waals surface area (Å²) in [5, 5.41) is 2.36. The van der Waals surface area contributed by atoms with Gasteiger partial charge in [0, 0.05) is 49.8 Å². The first-order valence-electron chi connectivity index (χ1n) is 13.9. The van der Waals surface area contributed by atoms with Crippen molar-refractivity contribution in [3.05, 3.63) is 65.5 Å². The molecule has 200 valence electrons. The van der Waals surface area contributed by atoms with Crippen molar-refractivity contribution in [2.24, 2.45) is 0 Å². The van der Waals surface area contributed by atoms with Crippen molar-refractivity contribution in [2.45, 2.75) is 69.2 Å². The number of aromatic nitrogens is 2. The molecule has 39 heavy (non-hydrogen) atoms. The lowest BCUT2D eigenvalue weighted by molar-refractivity contribution is -0.136. The Kier molecular flexibility index (Phi) is 6.03. The van der Waals surface area contributed by atoms with E-state index >= 15 is 0 Å². The van der Waals surface area contributed by atoms with Crippen LogP contribution in [0.5, 0.6) is 5.75 Å². The topological polar surface area (TPSA) is 105 Å². The average molecular weight is 526 g/mol. The molecular formula is C30H31N5O4. The van der Waals surface area contributed by atoms with Crippen molar-refractivity contribution >= 4 is 28.8 Å². The number of rotatable bonds is 5. The number of hydrogen-bond donors (Lipinski definition) is 1. The third kappa shape index (κ3) is 4.44. The maximum Gasteiger partial charge on any atom is 0.255 e. The summed E-state index contributed by atoms with van der Waals surface area (Å²) in [7, 11) is 0. The minimum absolute atomic E-state index is 0.0868. The van der Waals surface area contributed by atoms with Crippen LogP contribution < -0.4 is 10.1 Å². The molecule has 3 aromatic rings. The summed E-state index contributed by atoms with van der Waals surface area (Å²) in [5.41, 5.74) is 4.40. The second-order valence-corrected chi connectivity index (χ2v) is 11.2. The summed E-state index contributed by atoms with van der Waals surface area (Å²) in [4.78, 5) is 50.5. The smallest absolute Gasteiger partial charge is 0.255 e. The zero-order valence-corrected chi connectivity index (χ0v) is 21.7. The molecule has 1 aromatic heterocycles. The Balaban J connectivity index is 1.02. The largest absolute Gasteiger partial charge is 0.489 e. The third-order valence-electron chi connectivity index (χ3n) is 8.71. The third-order valence-corrected chi connectivity index (χ3v) is 8.71. The number of nitrogens with one attached hydrogen (secondary N) is 1. The number of hydrogen-bond acceptors (Lipinski definition) is 7. The monoisotopic (exact) mass is 525 g/mol. The van der Waals surface area contributed by atoms with E-state index in [0.717, 1.165) is 60.4 Å². The number of ether oxygens (including phenoxy) is 1. The van der Waals surface area contributed by atoms with Crippen LogP contribution >= 0.6 is 0 Å². The Hall–Kier alpha value is -3.85. The summed E-state index contributed by atoms with van der Waals surface area (Å²) < 4.78 is 6.58. The molecular weight excluding hydrogens is 494 g/mol. The minimum Gasteiger partial charge on any atom is -0.489 e. The Morgan fingerprint density at radius 3 is 2.62 bits per heavy atom. The van der Waals surface area contributed by atoms with Gasteiger partial charge in [-0.3, -0.25) is 29.6 Å². The van der Waals surface area contributed by atoms with Gasteiger partial charge in [0.25, 0.3) is 5.91 Å². The fourth-order valence-electron chi connectivity index (χ4n) is 6.57. The van der Waals surface area contributed by atoms with Crippen molar-refractivity contribution in [2.75, 3.05) is 13.1 Å². The molecule has 0 bridgehead atoms. The van der Waals surface area contributed by atoms with Crippen LogP contribution in [-0.2, 0) is 16.1 Å². The van der Waals surface area contributed by atoms with Crippen LogP contribution in [0.3, 0.4) is 0 Å². The first kappa shape index (κ1) is 24.2. The summed E-state index contributed by atoms with van der Waals surface area (Å²) in [6.07, 6.45) is 7.06. The molecule has 1 saturated carbocycles. The van der Waals surface area contributed by atoms with Crippen molar-refractivity contribution < 1.29 is 19.1 Å². The van der Waals surface area contributed by atoms with Crippen LogP contribution in [0.4, 0.5) is 0 Å². The average Bonchev–Trinajstić information content (AvgIpc) is 3.24. The maximum absolute atomic E-state index is 13.0. The molecule has 3 amide bonds. The van der Waals surface area contributed by atoms with Gasteiger partial charge >= 0.3 is 0 Å². The van der Waals surface area contributed by atoms with E-state index in [0.29, 0.717) is 30.5 Å². The van der Waals surface area contributed by atoms with Crippen LogP contribution in [0, 0.1) is 0 Å². The fraction of sp³-hybridized carbons (Fsp3) is 0.433. The molecule has 9 nitrogen and oxygen atoms in total. The zero-order chi connectivity index (χ0) is 26.5. The second-order valence-electron chi connectivity index (χ2n) is 11.2. The molecule has 0 radical (unpaired) electrons. The van der Waals surface area contributed by atoms with Crippen LogP contribution in [0.1, 0.15) is 66.1 Å². The molecule has 9 heteroatoms. The Labute approximate surface area is 226 Å². The summed E-state index contributed by atoms with van der Waals surface area (Å²) in [6, 6.07) is 13.4. The molecule has 0 spiro atoms.